The molecule has 0 radical (unpaired) electrons. The number of aromatic nitrogens is 2. The summed E-state index contributed by atoms with van der Waals surface area (Å²) < 4.78 is 6.91. The lowest BCUT2D eigenvalue weighted by Crippen LogP contribution is -2.20. The fourth-order valence-electron chi connectivity index (χ4n) is 3.03. The molecule has 4 nitrogen and oxygen atoms in total. The van der Waals surface area contributed by atoms with Crippen LogP contribution < -0.4 is 10.3 Å². The number of fused-ring (bicyclic) bond motifs is 2. The van der Waals surface area contributed by atoms with Gasteiger partial charge in [0.25, 0.3) is 5.56 Å². The third kappa shape index (κ3) is 2.49. The maximum atomic E-state index is 12.7. The highest BCUT2D eigenvalue weighted by Crippen LogP contribution is 2.28. The SMILES string of the molecule is COc1ccc(C=C2CCn3c2nc2ccc(Cl)cc2c3=O)cc1. The van der Waals surface area contributed by atoms with E-state index in [-0.39, 0.29) is 5.56 Å². The second-order valence-corrected chi connectivity index (χ2v) is 6.18. The van der Waals surface area contributed by atoms with Crippen LogP contribution in [0.5, 0.6) is 5.75 Å². The smallest absolute Gasteiger partial charge is 0.261 e. The molecule has 2 aromatic carbocycles. The van der Waals surface area contributed by atoms with Gasteiger partial charge in [-0.05, 0) is 54.0 Å². The highest BCUT2D eigenvalue weighted by molar-refractivity contribution is 6.31. The Morgan fingerprint density at radius 3 is 2.75 bits per heavy atom. The maximum Gasteiger partial charge on any atom is 0.261 e. The van der Waals surface area contributed by atoms with E-state index in [1.807, 2.05) is 24.3 Å². The molecule has 2 heterocycles. The number of methoxy groups -OCH3 is 1. The normalized spacial score (nSPS) is 15.0. The molecule has 0 saturated carbocycles. The van der Waals surface area contributed by atoms with E-state index >= 15 is 0 Å². The van der Waals surface area contributed by atoms with Gasteiger partial charge >= 0.3 is 0 Å². The van der Waals surface area contributed by atoms with E-state index in [9.17, 15) is 4.79 Å². The first-order valence-corrected chi connectivity index (χ1v) is 8.08. The topological polar surface area (TPSA) is 44.1 Å². The average molecular weight is 339 g/mol. The van der Waals surface area contributed by atoms with Gasteiger partial charge in [0.15, 0.2) is 0 Å². The van der Waals surface area contributed by atoms with Gasteiger partial charge in [0.1, 0.15) is 11.6 Å². The summed E-state index contributed by atoms with van der Waals surface area (Å²) in [6.07, 6.45) is 2.87. The Balaban J connectivity index is 1.83. The quantitative estimate of drug-likeness (QED) is 0.709. The molecule has 0 bridgehead atoms. The van der Waals surface area contributed by atoms with Crippen molar-refractivity contribution < 1.29 is 4.74 Å². The minimum absolute atomic E-state index is 0.0318. The molecule has 0 aliphatic carbocycles. The standard InChI is InChI=1S/C19H15ClN2O2/c1-24-15-5-2-12(3-6-15)10-13-8-9-22-18(13)21-17-7-4-14(20)11-16(17)19(22)23/h2-7,10-11H,8-9H2,1H3. The zero-order valence-electron chi connectivity index (χ0n) is 13.1. The highest BCUT2D eigenvalue weighted by atomic mass is 35.5. The fraction of sp³-hybridized carbons (Fsp3) is 0.158. The Labute approximate surface area is 144 Å². The molecular weight excluding hydrogens is 324 g/mol. The number of allylic oxidation sites excluding steroid dienone is 1. The van der Waals surface area contributed by atoms with Crippen LogP contribution in [0.1, 0.15) is 17.8 Å². The molecule has 0 atom stereocenters. The van der Waals surface area contributed by atoms with Gasteiger partial charge in [-0.1, -0.05) is 23.7 Å². The molecule has 0 spiro atoms. The number of halogens is 1. The molecule has 0 N–H and O–H groups in total. The molecule has 0 amide bonds. The van der Waals surface area contributed by atoms with E-state index in [1.165, 1.54) is 0 Å². The zero-order valence-corrected chi connectivity index (χ0v) is 13.9. The first-order valence-electron chi connectivity index (χ1n) is 7.71. The largest absolute Gasteiger partial charge is 0.497 e. The summed E-state index contributed by atoms with van der Waals surface area (Å²) in [7, 11) is 1.65. The molecule has 1 aliphatic rings. The number of ether oxygens (including phenoxy) is 1. The summed E-state index contributed by atoms with van der Waals surface area (Å²) in [6, 6.07) is 13.1. The summed E-state index contributed by atoms with van der Waals surface area (Å²) >= 11 is 6.00. The van der Waals surface area contributed by atoms with E-state index in [0.717, 1.165) is 29.1 Å². The third-order valence-corrected chi connectivity index (χ3v) is 4.50. The van der Waals surface area contributed by atoms with Crippen molar-refractivity contribution in [1.82, 2.24) is 9.55 Å². The molecule has 3 aromatic rings. The summed E-state index contributed by atoms with van der Waals surface area (Å²) in [5.41, 5.74) is 2.77. The first kappa shape index (κ1) is 15.0. The van der Waals surface area contributed by atoms with Crippen molar-refractivity contribution in [3.05, 3.63) is 69.2 Å². The van der Waals surface area contributed by atoms with Gasteiger partial charge in [-0.3, -0.25) is 9.36 Å². The van der Waals surface area contributed by atoms with E-state index in [2.05, 4.69) is 11.1 Å². The number of nitrogens with zero attached hydrogens (tertiary/aromatic N) is 2. The molecule has 1 aromatic heterocycles. The summed E-state index contributed by atoms with van der Waals surface area (Å²) in [4.78, 5) is 17.4. The minimum atomic E-state index is -0.0318. The van der Waals surface area contributed by atoms with Gasteiger partial charge in [-0.15, -0.1) is 0 Å². The molecule has 24 heavy (non-hydrogen) atoms. The molecule has 0 fully saturated rings. The van der Waals surface area contributed by atoms with Crippen LogP contribution in [-0.4, -0.2) is 16.7 Å². The highest BCUT2D eigenvalue weighted by Gasteiger charge is 2.20. The predicted octanol–water partition coefficient (Wildman–Crippen LogP) is 4.00. The van der Waals surface area contributed by atoms with Crippen LogP contribution in [0.25, 0.3) is 22.6 Å². The molecule has 4 rings (SSSR count). The van der Waals surface area contributed by atoms with Crippen LogP contribution in [0.3, 0.4) is 0 Å². The average Bonchev–Trinajstić information content (AvgIpc) is 2.99. The van der Waals surface area contributed by atoms with E-state index in [1.54, 1.807) is 29.9 Å². The Bertz CT molecular complexity index is 1020. The second-order valence-electron chi connectivity index (χ2n) is 5.75. The molecule has 0 saturated heterocycles. The van der Waals surface area contributed by atoms with Crippen molar-refractivity contribution in [2.45, 2.75) is 13.0 Å². The van der Waals surface area contributed by atoms with Gasteiger partial charge in [0, 0.05) is 11.6 Å². The van der Waals surface area contributed by atoms with E-state index < -0.39 is 0 Å². The van der Waals surface area contributed by atoms with Crippen LogP contribution in [0.2, 0.25) is 5.02 Å². The molecule has 5 heteroatoms. The molecular formula is C19H15ClN2O2. The van der Waals surface area contributed by atoms with Crippen molar-refractivity contribution in [2.24, 2.45) is 0 Å². The fourth-order valence-corrected chi connectivity index (χ4v) is 3.20. The van der Waals surface area contributed by atoms with Crippen molar-refractivity contribution in [3.8, 4) is 5.75 Å². The molecule has 120 valence electrons. The maximum absolute atomic E-state index is 12.7. The summed E-state index contributed by atoms with van der Waals surface area (Å²) in [6.45, 7) is 0.644. The Kier molecular flexibility index (Phi) is 3.62. The Morgan fingerprint density at radius 1 is 1.21 bits per heavy atom. The lowest BCUT2D eigenvalue weighted by Gasteiger charge is -2.06. The molecule has 1 aliphatic heterocycles. The minimum Gasteiger partial charge on any atom is -0.497 e. The van der Waals surface area contributed by atoms with Crippen molar-refractivity contribution in [3.63, 3.8) is 0 Å². The zero-order chi connectivity index (χ0) is 16.7. The monoisotopic (exact) mass is 338 g/mol. The van der Waals surface area contributed by atoms with Crippen molar-refractivity contribution >= 4 is 34.2 Å². The first-order chi connectivity index (χ1) is 11.7. The van der Waals surface area contributed by atoms with Crippen LogP contribution in [0.15, 0.2) is 47.3 Å². The summed E-state index contributed by atoms with van der Waals surface area (Å²) in [5, 5.41) is 1.12. The van der Waals surface area contributed by atoms with Gasteiger partial charge in [-0.25, -0.2) is 4.98 Å². The lowest BCUT2D eigenvalue weighted by molar-refractivity contribution is 0.415. The van der Waals surface area contributed by atoms with Gasteiger partial charge in [0.2, 0.25) is 0 Å². The van der Waals surface area contributed by atoms with Crippen molar-refractivity contribution in [1.29, 1.82) is 0 Å². The Hall–Kier alpha value is -2.59. The van der Waals surface area contributed by atoms with Crippen LogP contribution in [0.4, 0.5) is 0 Å². The van der Waals surface area contributed by atoms with E-state index in [0.29, 0.717) is 22.5 Å². The number of hydrogen-bond donors (Lipinski definition) is 0. The number of benzene rings is 2. The van der Waals surface area contributed by atoms with Gasteiger partial charge in [-0.2, -0.15) is 0 Å². The van der Waals surface area contributed by atoms with Gasteiger partial charge in [0.05, 0.1) is 18.0 Å². The van der Waals surface area contributed by atoms with Crippen LogP contribution in [0, 0.1) is 0 Å². The predicted molar refractivity (Wildman–Crippen MR) is 96.5 cm³/mol. The number of rotatable bonds is 2. The lowest BCUT2D eigenvalue weighted by atomic mass is 10.1. The summed E-state index contributed by atoms with van der Waals surface area (Å²) in [5.74, 6) is 1.56. The van der Waals surface area contributed by atoms with E-state index in [4.69, 9.17) is 16.3 Å². The van der Waals surface area contributed by atoms with Gasteiger partial charge < -0.3 is 4.74 Å². The Morgan fingerprint density at radius 2 is 2.00 bits per heavy atom. The van der Waals surface area contributed by atoms with Crippen molar-refractivity contribution in [2.75, 3.05) is 7.11 Å². The number of hydrogen-bond acceptors (Lipinski definition) is 3. The third-order valence-electron chi connectivity index (χ3n) is 4.26. The van der Waals surface area contributed by atoms with Crippen LogP contribution >= 0.6 is 11.6 Å². The molecule has 0 unspecified atom stereocenters. The van der Waals surface area contributed by atoms with Crippen LogP contribution in [-0.2, 0) is 6.54 Å². The second kappa shape index (κ2) is 5.80.